The van der Waals surface area contributed by atoms with Crippen LogP contribution in [0.3, 0.4) is 0 Å². The number of benzene rings is 2. The normalized spacial score (nSPS) is 12.8. The van der Waals surface area contributed by atoms with E-state index in [1.807, 2.05) is 30.3 Å². The summed E-state index contributed by atoms with van der Waals surface area (Å²) in [6.07, 6.45) is 0.731. The maximum atomic E-state index is 6.39. The molecular formula is C16H12BrCl2NS. The fourth-order valence-corrected chi connectivity index (χ4v) is 4.37. The maximum absolute atomic E-state index is 6.39. The highest BCUT2D eigenvalue weighted by Crippen LogP contribution is 2.35. The topological polar surface area (TPSA) is 26.0 Å². The molecular weight excluding hydrogens is 389 g/mol. The van der Waals surface area contributed by atoms with Gasteiger partial charge in [-0.3, -0.25) is 0 Å². The highest BCUT2D eigenvalue weighted by molar-refractivity contribution is 9.10. The first-order valence-corrected chi connectivity index (χ1v) is 8.84. The fraction of sp³-hybridized carbons (Fsp3) is 0.125. The Morgan fingerprint density at radius 1 is 1.14 bits per heavy atom. The predicted molar refractivity (Wildman–Crippen MR) is 96.6 cm³/mol. The molecule has 0 radical (unpaired) electrons. The van der Waals surface area contributed by atoms with E-state index in [1.54, 1.807) is 11.3 Å². The van der Waals surface area contributed by atoms with E-state index >= 15 is 0 Å². The van der Waals surface area contributed by atoms with Gasteiger partial charge in [-0.15, -0.1) is 11.3 Å². The van der Waals surface area contributed by atoms with Crippen molar-refractivity contribution in [3.8, 4) is 0 Å². The zero-order valence-electron chi connectivity index (χ0n) is 10.9. The summed E-state index contributed by atoms with van der Waals surface area (Å²) in [6, 6.07) is 11.8. The molecule has 2 aromatic carbocycles. The molecule has 1 unspecified atom stereocenters. The second-order valence-electron chi connectivity index (χ2n) is 4.87. The van der Waals surface area contributed by atoms with Crippen molar-refractivity contribution in [3.63, 3.8) is 0 Å². The van der Waals surface area contributed by atoms with Gasteiger partial charge in [0.15, 0.2) is 0 Å². The van der Waals surface area contributed by atoms with Crippen molar-refractivity contribution in [3.05, 3.63) is 67.4 Å². The molecule has 108 valence electrons. The van der Waals surface area contributed by atoms with Crippen LogP contribution in [0.25, 0.3) is 10.1 Å². The Balaban J connectivity index is 1.91. The van der Waals surface area contributed by atoms with Gasteiger partial charge in [0.2, 0.25) is 0 Å². The Labute approximate surface area is 145 Å². The minimum atomic E-state index is -0.0645. The minimum absolute atomic E-state index is 0.0645. The lowest BCUT2D eigenvalue weighted by Gasteiger charge is -2.12. The summed E-state index contributed by atoms with van der Waals surface area (Å²) < 4.78 is 2.34. The Hall–Kier alpha value is -0.580. The molecule has 2 N–H and O–H groups in total. The molecule has 0 saturated carbocycles. The monoisotopic (exact) mass is 399 g/mol. The first-order valence-electron chi connectivity index (χ1n) is 6.41. The largest absolute Gasteiger partial charge is 0.324 e. The van der Waals surface area contributed by atoms with Crippen LogP contribution in [-0.2, 0) is 6.42 Å². The van der Waals surface area contributed by atoms with Gasteiger partial charge in [-0.05, 0) is 62.4 Å². The number of thiophene rings is 1. The average molecular weight is 401 g/mol. The van der Waals surface area contributed by atoms with Crippen molar-refractivity contribution in [2.75, 3.05) is 0 Å². The molecule has 1 atom stereocenters. The molecule has 0 aliphatic rings. The van der Waals surface area contributed by atoms with Gasteiger partial charge in [0, 0.05) is 15.2 Å². The highest BCUT2D eigenvalue weighted by Gasteiger charge is 2.14. The van der Waals surface area contributed by atoms with Gasteiger partial charge in [0.05, 0.1) is 10.0 Å². The number of fused-ring (bicyclic) bond motifs is 1. The van der Waals surface area contributed by atoms with Crippen LogP contribution in [0.1, 0.15) is 17.2 Å². The molecule has 0 aliphatic heterocycles. The summed E-state index contributed by atoms with van der Waals surface area (Å²) in [5.74, 6) is 0. The summed E-state index contributed by atoms with van der Waals surface area (Å²) >= 11 is 17.3. The summed E-state index contributed by atoms with van der Waals surface area (Å²) in [5.41, 5.74) is 8.65. The smallest absolute Gasteiger partial charge is 0.0595 e. The van der Waals surface area contributed by atoms with E-state index in [0.29, 0.717) is 10.0 Å². The van der Waals surface area contributed by atoms with Crippen LogP contribution in [0.15, 0.2) is 46.3 Å². The number of hydrogen-bond donors (Lipinski definition) is 1. The van der Waals surface area contributed by atoms with E-state index in [2.05, 4.69) is 27.4 Å². The van der Waals surface area contributed by atoms with E-state index in [4.69, 9.17) is 28.9 Å². The first kappa shape index (κ1) is 15.3. The van der Waals surface area contributed by atoms with Crippen molar-refractivity contribution < 1.29 is 0 Å². The Morgan fingerprint density at radius 3 is 2.71 bits per heavy atom. The van der Waals surface area contributed by atoms with Gasteiger partial charge in [-0.2, -0.15) is 0 Å². The molecule has 1 aromatic heterocycles. The number of hydrogen-bond acceptors (Lipinski definition) is 2. The second kappa shape index (κ2) is 6.27. The molecule has 0 fully saturated rings. The molecule has 0 amide bonds. The molecule has 1 nitrogen and oxygen atoms in total. The molecule has 5 heteroatoms. The van der Waals surface area contributed by atoms with E-state index in [-0.39, 0.29) is 6.04 Å². The zero-order chi connectivity index (χ0) is 15.0. The van der Waals surface area contributed by atoms with Crippen molar-refractivity contribution >= 4 is 60.6 Å². The quantitative estimate of drug-likeness (QED) is 0.555. The minimum Gasteiger partial charge on any atom is -0.324 e. The van der Waals surface area contributed by atoms with E-state index < -0.39 is 0 Å². The van der Waals surface area contributed by atoms with Crippen LogP contribution in [-0.4, -0.2) is 0 Å². The number of halogens is 3. The predicted octanol–water partition coefficient (Wildman–Crippen LogP) is 6.21. The lowest BCUT2D eigenvalue weighted by atomic mass is 9.99. The summed E-state index contributed by atoms with van der Waals surface area (Å²) in [7, 11) is 0. The van der Waals surface area contributed by atoms with Crippen molar-refractivity contribution in [2.24, 2.45) is 5.73 Å². The van der Waals surface area contributed by atoms with Crippen LogP contribution < -0.4 is 5.73 Å². The van der Waals surface area contributed by atoms with Crippen LogP contribution in [0.5, 0.6) is 0 Å². The molecule has 3 rings (SSSR count). The van der Waals surface area contributed by atoms with E-state index in [9.17, 15) is 0 Å². The van der Waals surface area contributed by atoms with Gasteiger partial charge >= 0.3 is 0 Å². The van der Waals surface area contributed by atoms with Gasteiger partial charge in [-0.25, -0.2) is 0 Å². The Bertz CT molecular complexity index is 800. The first-order chi connectivity index (χ1) is 10.1. The van der Waals surface area contributed by atoms with Crippen LogP contribution in [0.2, 0.25) is 10.0 Å². The standard InChI is InChI=1S/C16H12BrCl2NS/c17-12-3-1-2-10-11(8-21-16(10)12)15(20)7-9-4-5-13(18)14(19)6-9/h1-6,8,15H,7,20H2. The lowest BCUT2D eigenvalue weighted by molar-refractivity contribution is 0.730. The van der Waals surface area contributed by atoms with Crippen molar-refractivity contribution in [2.45, 2.75) is 12.5 Å². The Morgan fingerprint density at radius 2 is 1.95 bits per heavy atom. The number of nitrogens with two attached hydrogens (primary N) is 1. The molecule has 21 heavy (non-hydrogen) atoms. The third-order valence-corrected chi connectivity index (χ3v) is 6.13. The molecule has 0 bridgehead atoms. The third-order valence-electron chi connectivity index (χ3n) is 3.42. The van der Waals surface area contributed by atoms with Gasteiger partial charge in [-0.1, -0.05) is 41.4 Å². The van der Waals surface area contributed by atoms with E-state index in [0.717, 1.165) is 16.5 Å². The summed E-state index contributed by atoms with van der Waals surface area (Å²) in [6.45, 7) is 0. The summed E-state index contributed by atoms with van der Waals surface area (Å²) in [5, 5.41) is 4.48. The molecule has 0 spiro atoms. The van der Waals surface area contributed by atoms with Crippen LogP contribution in [0.4, 0.5) is 0 Å². The lowest BCUT2D eigenvalue weighted by Crippen LogP contribution is -2.12. The fourth-order valence-electron chi connectivity index (χ4n) is 2.36. The average Bonchev–Trinajstić information content (AvgIpc) is 2.88. The molecule has 0 saturated heterocycles. The van der Waals surface area contributed by atoms with Gasteiger partial charge < -0.3 is 5.73 Å². The van der Waals surface area contributed by atoms with Crippen LogP contribution >= 0.6 is 50.5 Å². The highest BCUT2D eigenvalue weighted by atomic mass is 79.9. The zero-order valence-corrected chi connectivity index (χ0v) is 14.9. The van der Waals surface area contributed by atoms with E-state index in [1.165, 1.54) is 15.6 Å². The molecule has 1 heterocycles. The Kier molecular flexibility index (Phi) is 4.57. The molecule has 0 aliphatic carbocycles. The van der Waals surface area contributed by atoms with Crippen molar-refractivity contribution in [1.29, 1.82) is 0 Å². The molecule has 3 aromatic rings. The van der Waals surface area contributed by atoms with Gasteiger partial charge in [0.25, 0.3) is 0 Å². The third kappa shape index (κ3) is 3.13. The SMILES string of the molecule is NC(Cc1ccc(Cl)c(Cl)c1)c1csc2c(Br)cccc12. The number of rotatable bonds is 3. The van der Waals surface area contributed by atoms with Crippen molar-refractivity contribution in [1.82, 2.24) is 0 Å². The van der Waals surface area contributed by atoms with Crippen LogP contribution in [0, 0.1) is 0 Å². The second-order valence-corrected chi connectivity index (χ2v) is 7.42. The summed E-state index contributed by atoms with van der Waals surface area (Å²) in [4.78, 5) is 0. The van der Waals surface area contributed by atoms with Gasteiger partial charge in [0.1, 0.15) is 0 Å². The maximum Gasteiger partial charge on any atom is 0.0595 e.